The minimum atomic E-state index is -0.266. The second-order valence-electron chi connectivity index (χ2n) is 6.54. The van der Waals surface area contributed by atoms with Gasteiger partial charge < -0.3 is 15.8 Å². The van der Waals surface area contributed by atoms with Crippen LogP contribution in [0.3, 0.4) is 0 Å². The maximum Gasteiger partial charge on any atom is 0.224 e. The Balaban J connectivity index is 0.00000264. The molecule has 0 spiro atoms. The molecule has 2 rings (SSSR count). The standard InChI is InChI=1S/C18H28N2O2.ClH/c1-14(16(19)15-7-4-3-5-8-15)17(21)20-13-18(9-6-10-18)11-12-22-2;/h3-5,7-8,14,16H,6,9-13,19H2,1-2H3,(H,20,21);1H. The highest BCUT2D eigenvalue weighted by molar-refractivity contribution is 5.85. The number of carbonyl (C=O) groups is 1. The summed E-state index contributed by atoms with van der Waals surface area (Å²) < 4.78 is 5.19. The first-order valence-electron chi connectivity index (χ1n) is 8.15. The van der Waals surface area contributed by atoms with E-state index in [0.717, 1.165) is 25.1 Å². The van der Waals surface area contributed by atoms with Gasteiger partial charge in [-0.1, -0.05) is 43.7 Å². The first-order valence-corrected chi connectivity index (χ1v) is 8.15. The van der Waals surface area contributed by atoms with Gasteiger partial charge in [-0.3, -0.25) is 4.79 Å². The van der Waals surface area contributed by atoms with Gasteiger partial charge in [-0.05, 0) is 30.2 Å². The Labute approximate surface area is 145 Å². The minimum Gasteiger partial charge on any atom is -0.385 e. The Morgan fingerprint density at radius 2 is 2.00 bits per heavy atom. The van der Waals surface area contributed by atoms with E-state index >= 15 is 0 Å². The van der Waals surface area contributed by atoms with Crippen molar-refractivity contribution in [1.29, 1.82) is 0 Å². The summed E-state index contributed by atoms with van der Waals surface area (Å²) in [6.45, 7) is 3.39. The van der Waals surface area contributed by atoms with Crippen LogP contribution in [0.1, 0.15) is 44.2 Å². The lowest BCUT2D eigenvalue weighted by atomic mass is 9.66. The second kappa shape index (κ2) is 9.26. The van der Waals surface area contributed by atoms with E-state index in [9.17, 15) is 4.79 Å². The van der Waals surface area contributed by atoms with Crippen LogP contribution < -0.4 is 11.1 Å². The fourth-order valence-corrected chi connectivity index (χ4v) is 3.07. The molecule has 1 fully saturated rings. The number of nitrogens with one attached hydrogen (secondary N) is 1. The van der Waals surface area contributed by atoms with Gasteiger partial charge in [-0.25, -0.2) is 0 Å². The van der Waals surface area contributed by atoms with Gasteiger partial charge in [0.05, 0.1) is 5.92 Å². The molecule has 1 aliphatic rings. The molecule has 2 unspecified atom stereocenters. The molecule has 130 valence electrons. The van der Waals surface area contributed by atoms with Gasteiger partial charge >= 0.3 is 0 Å². The second-order valence-corrected chi connectivity index (χ2v) is 6.54. The van der Waals surface area contributed by atoms with Gasteiger partial charge in [0.2, 0.25) is 5.91 Å². The van der Waals surface area contributed by atoms with E-state index in [0.29, 0.717) is 0 Å². The molecule has 1 saturated carbocycles. The van der Waals surface area contributed by atoms with Crippen LogP contribution in [0.15, 0.2) is 30.3 Å². The maximum atomic E-state index is 12.4. The zero-order chi connectivity index (χ0) is 16.0. The Hall–Kier alpha value is -1.10. The van der Waals surface area contributed by atoms with E-state index in [1.807, 2.05) is 37.3 Å². The van der Waals surface area contributed by atoms with Crippen LogP contribution in [0.2, 0.25) is 0 Å². The van der Waals surface area contributed by atoms with E-state index in [1.165, 1.54) is 19.3 Å². The van der Waals surface area contributed by atoms with Crippen LogP contribution in [0.25, 0.3) is 0 Å². The Morgan fingerprint density at radius 1 is 1.35 bits per heavy atom. The van der Waals surface area contributed by atoms with Gasteiger partial charge in [0.1, 0.15) is 0 Å². The van der Waals surface area contributed by atoms with Crippen molar-refractivity contribution in [2.75, 3.05) is 20.3 Å². The normalized spacial score (nSPS) is 18.2. The van der Waals surface area contributed by atoms with Crippen LogP contribution in [0.4, 0.5) is 0 Å². The summed E-state index contributed by atoms with van der Waals surface area (Å²) in [5, 5.41) is 3.11. The number of ether oxygens (including phenoxy) is 1. The SMILES string of the molecule is COCCC1(CNC(=O)C(C)C(N)c2ccccc2)CCC1.Cl. The molecule has 0 radical (unpaired) electrons. The monoisotopic (exact) mass is 340 g/mol. The summed E-state index contributed by atoms with van der Waals surface area (Å²) in [5.41, 5.74) is 7.47. The fourth-order valence-electron chi connectivity index (χ4n) is 3.07. The zero-order valence-corrected chi connectivity index (χ0v) is 14.9. The van der Waals surface area contributed by atoms with Crippen LogP contribution in [0.5, 0.6) is 0 Å². The van der Waals surface area contributed by atoms with Crippen LogP contribution in [-0.2, 0) is 9.53 Å². The molecule has 3 N–H and O–H groups in total. The Morgan fingerprint density at radius 3 is 2.52 bits per heavy atom. The lowest BCUT2D eigenvalue weighted by Gasteiger charge is -2.42. The summed E-state index contributed by atoms with van der Waals surface area (Å²) in [6, 6.07) is 9.54. The molecule has 1 aromatic rings. The molecule has 1 amide bonds. The third-order valence-corrected chi connectivity index (χ3v) is 5.03. The van der Waals surface area contributed by atoms with Crippen molar-refractivity contribution in [3.05, 3.63) is 35.9 Å². The number of halogens is 1. The molecule has 0 aromatic heterocycles. The lowest BCUT2D eigenvalue weighted by molar-refractivity contribution is -0.126. The summed E-state index contributed by atoms with van der Waals surface area (Å²) in [5.74, 6) is -0.193. The van der Waals surface area contributed by atoms with Gasteiger partial charge in [-0.15, -0.1) is 12.4 Å². The molecule has 0 heterocycles. The van der Waals surface area contributed by atoms with E-state index in [4.69, 9.17) is 10.5 Å². The number of hydrogen-bond acceptors (Lipinski definition) is 3. The highest BCUT2D eigenvalue weighted by atomic mass is 35.5. The van der Waals surface area contributed by atoms with E-state index < -0.39 is 0 Å². The van der Waals surface area contributed by atoms with Gasteiger partial charge in [0, 0.05) is 26.3 Å². The highest BCUT2D eigenvalue weighted by Crippen LogP contribution is 2.43. The van der Waals surface area contributed by atoms with E-state index in [1.54, 1.807) is 7.11 Å². The number of nitrogens with two attached hydrogens (primary N) is 1. The average Bonchev–Trinajstić information content (AvgIpc) is 2.52. The Kier molecular flexibility index (Phi) is 8.03. The molecule has 4 nitrogen and oxygen atoms in total. The predicted octanol–water partition coefficient (Wildman–Crippen LogP) is 3.07. The van der Waals surface area contributed by atoms with Crippen molar-refractivity contribution >= 4 is 18.3 Å². The van der Waals surface area contributed by atoms with Crippen molar-refractivity contribution in [2.45, 2.75) is 38.6 Å². The van der Waals surface area contributed by atoms with E-state index in [-0.39, 0.29) is 35.7 Å². The number of hydrogen-bond donors (Lipinski definition) is 2. The van der Waals surface area contributed by atoms with Gasteiger partial charge in [-0.2, -0.15) is 0 Å². The molecule has 2 atom stereocenters. The maximum absolute atomic E-state index is 12.4. The average molecular weight is 341 g/mol. The molecule has 23 heavy (non-hydrogen) atoms. The summed E-state index contributed by atoms with van der Waals surface area (Å²) in [6.07, 6.45) is 4.62. The largest absolute Gasteiger partial charge is 0.385 e. The van der Waals surface area contributed by atoms with Crippen LogP contribution in [-0.4, -0.2) is 26.2 Å². The third-order valence-electron chi connectivity index (χ3n) is 5.03. The molecular weight excluding hydrogens is 312 g/mol. The smallest absolute Gasteiger partial charge is 0.224 e. The molecule has 0 bridgehead atoms. The first kappa shape index (κ1) is 19.9. The molecule has 0 aliphatic heterocycles. The number of methoxy groups -OCH3 is 1. The quantitative estimate of drug-likeness (QED) is 0.764. The summed E-state index contributed by atoms with van der Waals surface area (Å²) in [7, 11) is 1.73. The number of amides is 1. The van der Waals surface area contributed by atoms with Crippen molar-refractivity contribution in [2.24, 2.45) is 17.1 Å². The van der Waals surface area contributed by atoms with E-state index in [2.05, 4.69) is 5.32 Å². The number of rotatable bonds is 8. The highest BCUT2D eigenvalue weighted by Gasteiger charge is 2.37. The van der Waals surface area contributed by atoms with Crippen molar-refractivity contribution in [3.8, 4) is 0 Å². The minimum absolute atomic E-state index is 0. The van der Waals surface area contributed by atoms with Gasteiger partial charge in [0.25, 0.3) is 0 Å². The zero-order valence-electron chi connectivity index (χ0n) is 14.1. The summed E-state index contributed by atoms with van der Waals surface area (Å²) >= 11 is 0. The van der Waals surface area contributed by atoms with Crippen molar-refractivity contribution in [3.63, 3.8) is 0 Å². The van der Waals surface area contributed by atoms with Gasteiger partial charge in [0.15, 0.2) is 0 Å². The Bertz CT molecular complexity index is 477. The topological polar surface area (TPSA) is 64.3 Å². The van der Waals surface area contributed by atoms with Crippen molar-refractivity contribution in [1.82, 2.24) is 5.32 Å². The van der Waals surface area contributed by atoms with Crippen LogP contribution in [0, 0.1) is 11.3 Å². The summed E-state index contributed by atoms with van der Waals surface area (Å²) in [4.78, 5) is 12.4. The lowest BCUT2D eigenvalue weighted by Crippen LogP contribution is -2.45. The molecule has 0 saturated heterocycles. The van der Waals surface area contributed by atoms with Crippen molar-refractivity contribution < 1.29 is 9.53 Å². The fraction of sp³-hybridized carbons (Fsp3) is 0.611. The molecule has 5 heteroatoms. The molecule has 1 aromatic carbocycles. The number of benzene rings is 1. The van der Waals surface area contributed by atoms with Crippen LogP contribution >= 0.6 is 12.4 Å². The number of carbonyl (C=O) groups excluding carboxylic acids is 1. The predicted molar refractivity (Wildman–Crippen MR) is 95.6 cm³/mol. The third kappa shape index (κ3) is 5.20. The molecular formula is C18H29ClN2O2. The first-order chi connectivity index (χ1) is 10.6. The molecule has 1 aliphatic carbocycles.